The molecule has 0 aromatic heterocycles. The first-order valence-corrected chi connectivity index (χ1v) is 7.45. The Balaban J connectivity index is 1.80. The molecule has 2 N–H and O–H groups in total. The smallest absolute Gasteiger partial charge is 0.319 e. The highest BCUT2D eigenvalue weighted by Crippen LogP contribution is 2.19. The third-order valence-electron chi connectivity index (χ3n) is 3.27. The predicted molar refractivity (Wildman–Crippen MR) is 83.1 cm³/mol. The molecule has 1 aromatic rings. The highest BCUT2D eigenvalue weighted by molar-refractivity contribution is 9.10. The molecular weight excluding hydrogens is 322 g/mol. The number of nitrogens with one attached hydrogen (secondary N) is 2. The number of nitrogens with zero attached hydrogens (tertiary/aromatic N) is 1. The Hall–Kier alpha value is -1.11. The molecule has 0 radical (unpaired) electrons. The van der Waals surface area contributed by atoms with E-state index in [1.807, 2.05) is 25.1 Å². The second-order valence-corrected chi connectivity index (χ2v) is 5.96. The van der Waals surface area contributed by atoms with Crippen molar-refractivity contribution in [1.82, 2.24) is 10.2 Å². The zero-order valence-electron chi connectivity index (χ0n) is 11.8. The van der Waals surface area contributed by atoms with Gasteiger partial charge in [0.25, 0.3) is 0 Å². The van der Waals surface area contributed by atoms with Crippen LogP contribution < -0.4 is 10.6 Å². The molecule has 2 amide bonds. The molecule has 0 saturated carbocycles. The molecule has 5 nitrogen and oxygen atoms in total. The second kappa shape index (κ2) is 7.06. The van der Waals surface area contributed by atoms with Crippen LogP contribution in [0.5, 0.6) is 0 Å². The van der Waals surface area contributed by atoms with Crippen molar-refractivity contribution in [3.05, 3.63) is 28.2 Å². The van der Waals surface area contributed by atoms with Gasteiger partial charge in [0.1, 0.15) is 0 Å². The molecule has 0 unspecified atom stereocenters. The van der Waals surface area contributed by atoms with Gasteiger partial charge in [0.05, 0.1) is 12.7 Å². The number of hydrogen-bond donors (Lipinski definition) is 2. The standard InChI is InChI=1S/C14H20BrN3O2/c1-10-7-11(15)3-4-13(10)17-14(19)16-8-12-9-18(2)5-6-20-12/h3-4,7,12H,5-6,8-9H2,1-2H3,(H2,16,17,19)/t12-/m0/s1. The number of morpholine rings is 1. The molecule has 1 aliphatic heterocycles. The van der Waals surface area contributed by atoms with Crippen molar-refractivity contribution >= 4 is 27.6 Å². The van der Waals surface area contributed by atoms with Crippen molar-refractivity contribution in [1.29, 1.82) is 0 Å². The van der Waals surface area contributed by atoms with Gasteiger partial charge in [-0.25, -0.2) is 4.79 Å². The molecule has 1 heterocycles. The fraction of sp³-hybridized carbons (Fsp3) is 0.500. The summed E-state index contributed by atoms with van der Waals surface area (Å²) < 4.78 is 6.60. The molecule has 1 aromatic carbocycles. The zero-order chi connectivity index (χ0) is 14.5. The molecule has 0 bridgehead atoms. The van der Waals surface area contributed by atoms with Gasteiger partial charge in [-0.1, -0.05) is 15.9 Å². The lowest BCUT2D eigenvalue weighted by atomic mass is 10.2. The highest BCUT2D eigenvalue weighted by Gasteiger charge is 2.18. The third kappa shape index (κ3) is 4.47. The molecule has 110 valence electrons. The van der Waals surface area contributed by atoms with Crippen LogP contribution in [-0.4, -0.2) is 50.3 Å². The van der Waals surface area contributed by atoms with Crippen LogP contribution in [0.25, 0.3) is 0 Å². The van der Waals surface area contributed by atoms with E-state index in [0.717, 1.165) is 35.4 Å². The number of anilines is 1. The van der Waals surface area contributed by atoms with Crippen molar-refractivity contribution in [2.45, 2.75) is 13.0 Å². The van der Waals surface area contributed by atoms with Gasteiger partial charge < -0.3 is 20.3 Å². The molecule has 6 heteroatoms. The Kier molecular flexibility index (Phi) is 5.39. The fourth-order valence-corrected chi connectivity index (χ4v) is 2.61. The summed E-state index contributed by atoms with van der Waals surface area (Å²) in [6, 6.07) is 5.55. The lowest BCUT2D eigenvalue weighted by molar-refractivity contribution is -0.0166. The first-order valence-electron chi connectivity index (χ1n) is 6.66. The average Bonchev–Trinajstić information content (AvgIpc) is 2.40. The van der Waals surface area contributed by atoms with Gasteiger partial charge in [0, 0.05) is 29.8 Å². The van der Waals surface area contributed by atoms with Gasteiger partial charge in [0.2, 0.25) is 0 Å². The Morgan fingerprint density at radius 2 is 2.35 bits per heavy atom. The van der Waals surface area contributed by atoms with E-state index in [1.54, 1.807) is 0 Å². The second-order valence-electron chi connectivity index (χ2n) is 5.05. The van der Waals surface area contributed by atoms with E-state index in [1.165, 1.54) is 0 Å². The van der Waals surface area contributed by atoms with Crippen molar-refractivity contribution < 1.29 is 9.53 Å². The number of aryl methyl sites for hydroxylation is 1. The third-order valence-corrected chi connectivity index (χ3v) is 3.76. The number of amides is 2. The van der Waals surface area contributed by atoms with Crippen LogP contribution in [0.15, 0.2) is 22.7 Å². The average molecular weight is 342 g/mol. The first-order chi connectivity index (χ1) is 9.54. The summed E-state index contributed by atoms with van der Waals surface area (Å²) in [7, 11) is 2.06. The Labute approximate surface area is 127 Å². The van der Waals surface area contributed by atoms with Gasteiger partial charge in [0.15, 0.2) is 0 Å². The quantitative estimate of drug-likeness (QED) is 0.886. The van der Waals surface area contributed by atoms with Crippen LogP contribution in [-0.2, 0) is 4.74 Å². The molecule has 0 aliphatic carbocycles. The van der Waals surface area contributed by atoms with Gasteiger partial charge in [-0.15, -0.1) is 0 Å². The van der Waals surface area contributed by atoms with Crippen molar-refractivity contribution in [3.63, 3.8) is 0 Å². The number of ether oxygens (including phenoxy) is 1. The number of carbonyl (C=O) groups excluding carboxylic acids is 1. The zero-order valence-corrected chi connectivity index (χ0v) is 13.4. The predicted octanol–water partition coefficient (Wildman–Crippen LogP) is 2.21. The van der Waals surface area contributed by atoms with E-state index < -0.39 is 0 Å². The maximum Gasteiger partial charge on any atom is 0.319 e. The monoisotopic (exact) mass is 341 g/mol. The van der Waals surface area contributed by atoms with E-state index in [-0.39, 0.29) is 12.1 Å². The largest absolute Gasteiger partial charge is 0.374 e. The molecule has 0 spiro atoms. The molecule has 1 saturated heterocycles. The molecular formula is C14H20BrN3O2. The number of rotatable bonds is 3. The van der Waals surface area contributed by atoms with Crippen LogP contribution in [0.1, 0.15) is 5.56 Å². The minimum absolute atomic E-state index is 0.0607. The number of likely N-dealkylation sites (N-methyl/N-ethyl adjacent to an activating group) is 1. The lowest BCUT2D eigenvalue weighted by Gasteiger charge is -2.30. The maximum absolute atomic E-state index is 11.9. The summed E-state index contributed by atoms with van der Waals surface area (Å²) in [4.78, 5) is 14.1. The fourth-order valence-electron chi connectivity index (χ4n) is 2.13. The Morgan fingerprint density at radius 3 is 3.05 bits per heavy atom. The van der Waals surface area contributed by atoms with Crippen LogP contribution in [0, 0.1) is 6.92 Å². The van der Waals surface area contributed by atoms with Gasteiger partial charge in [-0.2, -0.15) is 0 Å². The summed E-state index contributed by atoms with van der Waals surface area (Å²) in [6.45, 7) is 4.99. The molecule has 1 fully saturated rings. The lowest BCUT2D eigenvalue weighted by Crippen LogP contribution is -2.46. The van der Waals surface area contributed by atoms with E-state index in [0.29, 0.717) is 6.54 Å². The number of urea groups is 1. The summed E-state index contributed by atoms with van der Waals surface area (Å²) in [5.74, 6) is 0. The van der Waals surface area contributed by atoms with E-state index in [2.05, 4.69) is 38.5 Å². The summed E-state index contributed by atoms with van der Waals surface area (Å²) >= 11 is 3.40. The molecule has 20 heavy (non-hydrogen) atoms. The summed E-state index contributed by atoms with van der Waals surface area (Å²) in [6.07, 6.45) is 0.0607. The first kappa shape index (κ1) is 15.3. The van der Waals surface area contributed by atoms with Gasteiger partial charge in [-0.05, 0) is 37.7 Å². The van der Waals surface area contributed by atoms with Crippen LogP contribution in [0.4, 0.5) is 10.5 Å². The maximum atomic E-state index is 11.9. The number of hydrogen-bond acceptors (Lipinski definition) is 3. The molecule has 1 aliphatic rings. The van der Waals surface area contributed by atoms with Gasteiger partial charge >= 0.3 is 6.03 Å². The minimum Gasteiger partial charge on any atom is -0.374 e. The molecule has 1 atom stereocenters. The molecule has 2 rings (SSSR count). The van der Waals surface area contributed by atoms with E-state index in [9.17, 15) is 4.79 Å². The van der Waals surface area contributed by atoms with Crippen LogP contribution in [0.3, 0.4) is 0 Å². The number of carbonyl (C=O) groups is 1. The summed E-state index contributed by atoms with van der Waals surface area (Å²) in [5, 5.41) is 5.70. The normalized spacial score (nSPS) is 19.6. The van der Waals surface area contributed by atoms with E-state index in [4.69, 9.17) is 4.74 Å². The minimum atomic E-state index is -0.202. The van der Waals surface area contributed by atoms with Crippen LogP contribution in [0.2, 0.25) is 0 Å². The van der Waals surface area contributed by atoms with E-state index >= 15 is 0 Å². The van der Waals surface area contributed by atoms with Crippen molar-refractivity contribution in [2.75, 3.05) is 38.6 Å². The van der Waals surface area contributed by atoms with Crippen molar-refractivity contribution in [2.24, 2.45) is 0 Å². The van der Waals surface area contributed by atoms with Crippen molar-refractivity contribution in [3.8, 4) is 0 Å². The van der Waals surface area contributed by atoms with Gasteiger partial charge in [-0.3, -0.25) is 0 Å². The Bertz CT molecular complexity index is 481. The topological polar surface area (TPSA) is 53.6 Å². The highest BCUT2D eigenvalue weighted by atomic mass is 79.9. The number of benzene rings is 1. The SMILES string of the molecule is Cc1cc(Br)ccc1NC(=O)NC[C@H]1CN(C)CCO1. The van der Waals surface area contributed by atoms with Crippen LogP contribution >= 0.6 is 15.9 Å². The summed E-state index contributed by atoms with van der Waals surface area (Å²) in [5.41, 5.74) is 1.83. The number of halogens is 1. The Morgan fingerprint density at radius 1 is 1.55 bits per heavy atom.